The van der Waals surface area contributed by atoms with Gasteiger partial charge in [0.1, 0.15) is 5.71 Å². The first-order chi connectivity index (χ1) is 8.42. The van der Waals surface area contributed by atoms with Crippen molar-refractivity contribution in [1.82, 2.24) is 0 Å². The van der Waals surface area contributed by atoms with Crippen molar-refractivity contribution in [3.8, 4) is 11.1 Å². The molecule has 17 heavy (non-hydrogen) atoms. The fourth-order valence-electron chi connectivity index (χ4n) is 2.22. The number of fused-ring (bicyclic) bond motifs is 3. The monoisotopic (exact) mass is 220 g/mol. The summed E-state index contributed by atoms with van der Waals surface area (Å²) in [5.74, 6) is 0. The summed E-state index contributed by atoms with van der Waals surface area (Å²) in [6.45, 7) is 1.87. The maximum Gasteiger partial charge on any atom is 0.101 e. The van der Waals surface area contributed by atoms with E-state index in [4.69, 9.17) is 0 Å². The van der Waals surface area contributed by atoms with E-state index in [1.54, 1.807) is 6.21 Å². The molecule has 82 valence electrons. The Balaban J connectivity index is 2.31. The van der Waals surface area contributed by atoms with Crippen LogP contribution in [-0.4, -0.2) is 11.9 Å². The van der Waals surface area contributed by atoms with Crippen molar-refractivity contribution >= 4 is 11.9 Å². The Kier molecular flexibility index (Phi) is 2.33. The van der Waals surface area contributed by atoms with Crippen molar-refractivity contribution in [3.63, 3.8) is 0 Å². The van der Waals surface area contributed by atoms with Crippen molar-refractivity contribution in [2.75, 3.05) is 0 Å². The average Bonchev–Trinajstić information content (AvgIpc) is 2.71. The van der Waals surface area contributed by atoms with Crippen LogP contribution in [0.25, 0.3) is 11.1 Å². The standard InChI is InChI=1S/C15H12N2/c1-2-16-17-15-13-9-5-3-7-11(13)12-8-4-6-10-14(12)15/h2-10H,1H3. The Morgan fingerprint density at radius 3 is 1.71 bits per heavy atom. The summed E-state index contributed by atoms with van der Waals surface area (Å²) in [7, 11) is 0. The van der Waals surface area contributed by atoms with Crippen LogP contribution in [0.2, 0.25) is 0 Å². The van der Waals surface area contributed by atoms with Crippen LogP contribution in [0.3, 0.4) is 0 Å². The van der Waals surface area contributed by atoms with Gasteiger partial charge in [0.15, 0.2) is 0 Å². The minimum Gasteiger partial charge on any atom is -0.163 e. The van der Waals surface area contributed by atoms with E-state index in [1.807, 2.05) is 19.1 Å². The molecule has 0 N–H and O–H groups in total. The summed E-state index contributed by atoms with van der Waals surface area (Å²) in [4.78, 5) is 0. The van der Waals surface area contributed by atoms with Crippen molar-refractivity contribution in [2.24, 2.45) is 10.2 Å². The second-order valence-corrected chi connectivity index (χ2v) is 3.91. The maximum atomic E-state index is 4.31. The molecule has 0 saturated carbocycles. The third-order valence-corrected chi connectivity index (χ3v) is 2.93. The summed E-state index contributed by atoms with van der Waals surface area (Å²) in [5.41, 5.74) is 5.79. The van der Waals surface area contributed by atoms with Gasteiger partial charge in [0.2, 0.25) is 0 Å². The van der Waals surface area contributed by atoms with E-state index in [0.717, 1.165) is 5.71 Å². The Labute approximate surface area is 100 Å². The molecule has 2 heteroatoms. The number of nitrogens with zero attached hydrogens (tertiary/aromatic N) is 2. The average molecular weight is 220 g/mol. The van der Waals surface area contributed by atoms with Crippen LogP contribution in [0, 0.1) is 0 Å². The third-order valence-electron chi connectivity index (χ3n) is 2.93. The van der Waals surface area contributed by atoms with Crippen molar-refractivity contribution in [3.05, 3.63) is 59.7 Å². The number of hydrogen-bond donors (Lipinski definition) is 0. The minimum absolute atomic E-state index is 0.967. The van der Waals surface area contributed by atoms with E-state index in [2.05, 4.69) is 46.6 Å². The van der Waals surface area contributed by atoms with Gasteiger partial charge in [0.05, 0.1) is 0 Å². The van der Waals surface area contributed by atoms with Crippen LogP contribution < -0.4 is 0 Å². The first-order valence-corrected chi connectivity index (χ1v) is 5.66. The van der Waals surface area contributed by atoms with Gasteiger partial charge in [0.25, 0.3) is 0 Å². The molecule has 0 atom stereocenters. The number of benzene rings is 2. The zero-order valence-corrected chi connectivity index (χ0v) is 9.59. The summed E-state index contributed by atoms with van der Waals surface area (Å²) in [6, 6.07) is 16.6. The number of hydrogen-bond acceptors (Lipinski definition) is 2. The predicted octanol–water partition coefficient (Wildman–Crippen LogP) is 3.51. The van der Waals surface area contributed by atoms with Crippen LogP contribution in [-0.2, 0) is 0 Å². The van der Waals surface area contributed by atoms with E-state index in [9.17, 15) is 0 Å². The molecule has 2 nitrogen and oxygen atoms in total. The normalized spacial score (nSPS) is 12.6. The zero-order chi connectivity index (χ0) is 11.7. The lowest BCUT2D eigenvalue weighted by atomic mass is 10.1. The van der Waals surface area contributed by atoms with Gasteiger partial charge >= 0.3 is 0 Å². The Morgan fingerprint density at radius 2 is 1.24 bits per heavy atom. The summed E-state index contributed by atoms with van der Waals surface area (Å²) >= 11 is 0. The second kappa shape index (κ2) is 3.98. The Bertz CT molecular complexity index is 577. The molecule has 2 aromatic carbocycles. The molecule has 0 radical (unpaired) electrons. The molecular formula is C15H12N2. The quantitative estimate of drug-likeness (QED) is 0.443. The summed E-state index contributed by atoms with van der Waals surface area (Å²) < 4.78 is 0. The lowest BCUT2D eigenvalue weighted by Crippen LogP contribution is -1.96. The van der Waals surface area contributed by atoms with Gasteiger partial charge in [-0.15, -0.1) is 0 Å². The molecule has 0 unspecified atom stereocenters. The van der Waals surface area contributed by atoms with Gasteiger partial charge in [-0.1, -0.05) is 48.5 Å². The molecule has 0 bridgehead atoms. The van der Waals surface area contributed by atoms with E-state index in [-0.39, 0.29) is 0 Å². The van der Waals surface area contributed by atoms with Gasteiger partial charge in [0, 0.05) is 17.3 Å². The molecule has 0 saturated heterocycles. The van der Waals surface area contributed by atoms with Crippen LogP contribution in [0.4, 0.5) is 0 Å². The van der Waals surface area contributed by atoms with Crippen LogP contribution in [0.15, 0.2) is 58.7 Å². The highest BCUT2D eigenvalue weighted by Gasteiger charge is 2.23. The largest absolute Gasteiger partial charge is 0.163 e. The van der Waals surface area contributed by atoms with Crippen molar-refractivity contribution in [1.29, 1.82) is 0 Å². The van der Waals surface area contributed by atoms with Crippen molar-refractivity contribution < 1.29 is 0 Å². The third kappa shape index (κ3) is 1.49. The molecule has 0 aromatic heterocycles. The molecule has 0 amide bonds. The molecule has 1 aliphatic rings. The molecule has 3 rings (SSSR count). The van der Waals surface area contributed by atoms with E-state index < -0.39 is 0 Å². The van der Waals surface area contributed by atoms with Gasteiger partial charge in [-0.2, -0.15) is 10.2 Å². The maximum absolute atomic E-state index is 4.31. The number of rotatable bonds is 1. The predicted molar refractivity (Wildman–Crippen MR) is 71.7 cm³/mol. The van der Waals surface area contributed by atoms with Crippen LogP contribution in [0.1, 0.15) is 18.1 Å². The van der Waals surface area contributed by atoms with E-state index in [0.29, 0.717) is 0 Å². The van der Waals surface area contributed by atoms with Gasteiger partial charge in [-0.05, 0) is 18.1 Å². The highest BCUT2D eigenvalue weighted by molar-refractivity contribution is 6.24. The molecule has 0 aliphatic heterocycles. The fraction of sp³-hybridized carbons (Fsp3) is 0.0667. The van der Waals surface area contributed by atoms with Gasteiger partial charge in [-0.3, -0.25) is 0 Å². The zero-order valence-electron chi connectivity index (χ0n) is 9.59. The fourth-order valence-corrected chi connectivity index (χ4v) is 2.22. The second-order valence-electron chi connectivity index (χ2n) is 3.91. The molecule has 0 fully saturated rings. The topological polar surface area (TPSA) is 24.7 Å². The molecule has 0 spiro atoms. The lowest BCUT2D eigenvalue weighted by molar-refractivity contribution is 1.25. The SMILES string of the molecule is CC=NN=C1c2ccccc2-c2ccccc21. The lowest BCUT2D eigenvalue weighted by Gasteiger charge is -1.97. The highest BCUT2D eigenvalue weighted by atomic mass is 15.2. The molecular weight excluding hydrogens is 208 g/mol. The van der Waals surface area contributed by atoms with E-state index in [1.165, 1.54) is 22.3 Å². The van der Waals surface area contributed by atoms with Crippen LogP contribution in [0.5, 0.6) is 0 Å². The van der Waals surface area contributed by atoms with Gasteiger partial charge < -0.3 is 0 Å². The first kappa shape index (κ1) is 9.97. The summed E-state index contributed by atoms with van der Waals surface area (Å²) in [5, 5.41) is 8.32. The van der Waals surface area contributed by atoms with E-state index >= 15 is 0 Å². The van der Waals surface area contributed by atoms with Gasteiger partial charge in [-0.25, -0.2) is 0 Å². The summed E-state index contributed by atoms with van der Waals surface area (Å²) in [6.07, 6.45) is 1.70. The molecule has 2 aromatic rings. The molecule has 1 aliphatic carbocycles. The Hall–Kier alpha value is -2.22. The van der Waals surface area contributed by atoms with Crippen LogP contribution >= 0.6 is 0 Å². The smallest absolute Gasteiger partial charge is 0.101 e. The van der Waals surface area contributed by atoms with Crippen molar-refractivity contribution in [2.45, 2.75) is 6.92 Å². The minimum atomic E-state index is 0.967. The first-order valence-electron chi connectivity index (χ1n) is 5.66. The highest BCUT2D eigenvalue weighted by Crippen LogP contribution is 2.36. The Morgan fingerprint density at radius 1 is 0.765 bits per heavy atom. The molecule has 0 heterocycles.